The lowest BCUT2D eigenvalue weighted by Crippen LogP contribution is -2.33. The summed E-state index contributed by atoms with van der Waals surface area (Å²) in [5, 5.41) is 2.23. The third-order valence-electron chi connectivity index (χ3n) is 1.62. The molecule has 0 aromatic carbocycles. The van der Waals surface area contributed by atoms with Gasteiger partial charge < -0.3 is 15.8 Å². The van der Waals surface area contributed by atoms with Crippen molar-refractivity contribution in [1.82, 2.24) is 5.32 Å². The fourth-order valence-electron chi connectivity index (χ4n) is 1.01. The van der Waals surface area contributed by atoms with Crippen LogP contribution in [0, 0.1) is 0 Å². The van der Waals surface area contributed by atoms with Gasteiger partial charge in [-0.1, -0.05) is 25.2 Å². The first-order chi connectivity index (χ1) is 7.60. The van der Waals surface area contributed by atoms with E-state index in [0.717, 1.165) is 12.0 Å². The number of rotatable bonds is 6. The molecule has 5 heteroatoms. The predicted octanol–water partition coefficient (Wildman–Crippen LogP) is 1.11. The molecule has 0 rings (SSSR count). The molecule has 0 aliphatic heterocycles. The van der Waals surface area contributed by atoms with Crippen molar-refractivity contribution in [2.45, 2.75) is 20.3 Å². The van der Waals surface area contributed by atoms with E-state index in [1.807, 2.05) is 32.1 Å². The van der Waals surface area contributed by atoms with E-state index in [1.54, 1.807) is 0 Å². The third kappa shape index (κ3) is 7.61. The number of nitrogens with two attached hydrogens (primary N) is 1. The number of carbonyl (C=O) groups excluding carboxylic acids is 2. The standard InChI is InChI=1S/C11H18N2O3/c1-3-5-9(6-4-2)8-16-11(15)13-7-10(12)14/h3,5-6H,4,7-8H2,1-2H3,(H2,12,14)(H,13,15)/b5-3-,9-6+. The Morgan fingerprint density at radius 3 is 2.62 bits per heavy atom. The van der Waals surface area contributed by atoms with E-state index < -0.39 is 12.0 Å². The van der Waals surface area contributed by atoms with Gasteiger partial charge in [0.05, 0.1) is 6.54 Å². The van der Waals surface area contributed by atoms with Gasteiger partial charge in [0.2, 0.25) is 5.91 Å². The molecule has 0 aliphatic carbocycles. The molecule has 0 fully saturated rings. The Morgan fingerprint density at radius 2 is 2.12 bits per heavy atom. The third-order valence-corrected chi connectivity index (χ3v) is 1.62. The quantitative estimate of drug-likeness (QED) is 0.666. The van der Waals surface area contributed by atoms with Crippen LogP contribution in [-0.2, 0) is 9.53 Å². The van der Waals surface area contributed by atoms with Crippen molar-refractivity contribution < 1.29 is 14.3 Å². The molecule has 2 amide bonds. The van der Waals surface area contributed by atoms with Crippen molar-refractivity contribution in [3.8, 4) is 0 Å². The summed E-state index contributed by atoms with van der Waals surface area (Å²) in [5.74, 6) is -0.602. The lowest BCUT2D eigenvalue weighted by molar-refractivity contribution is -0.117. The molecule has 5 nitrogen and oxygen atoms in total. The Hall–Kier alpha value is -1.78. The average molecular weight is 226 g/mol. The summed E-state index contributed by atoms with van der Waals surface area (Å²) in [6, 6.07) is 0. The second-order valence-electron chi connectivity index (χ2n) is 3.08. The van der Waals surface area contributed by atoms with Crippen molar-refractivity contribution >= 4 is 12.0 Å². The fraction of sp³-hybridized carbons (Fsp3) is 0.455. The van der Waals surface area contributed by atoms with E-state index in [9.17, 15) is 9.59 Å². The normalized spacial score (nSPS) is 11.5. The van der Waals surface area contributed by atoms with Crippen LogP contribution in [0.2, 0.25) is 0 Å². The second kappa shape index (κ2) is 8.52. The molecule has 0 aliphatic rings. The van der Waals surface area contributed by atoms with Crippen molar-refractivity contribution in [2.75, 3.05) is 13.2 Å². The molecule has 0 aromatic rings. The molecular weight excluding hydrogens is 208 g/mol. The molecule has 0 heterocycles. The van der Waals surface area contributed by atoms with Gasteiger partial charge in [0.1, 0.15) is 6.61 Å². The lowest BCUT2D eigenvalue weighted by atomic mass is 10.2. The van der Waals surface area contributed by atoms with Gasteiger partial charge in [0.15, 0.2) is 0 Å². The zero-order valence-corrected chi connectivity index (χ0v) is 9.66. The van der Waals surface area contributed by atoms with Crippen LogP contribution in [0.5, 0.6) is 0 Å². The highest BCUT2D eigenvalue weighted by Gasteiger charge is 2.03. The van der Waals surface area contributed by atoms with Gasteiger partial charge in [-0.2, -0.15) is 0 Å². The number of allylic oxidation sites excluding steroid dienone is 2. The number of hydrogen-bond acceptors (Lipinski definition) is 3. The Labute approximate surface area is 95.3 Å². The average Bonchev–Trinajstić information content (AvgIpc) is 2.23. The van der Waals surface area contributed by atoms with Crippen LogP contribution in [0.4, 0.5) is 4.79 Å². The van der Waals surface area contributed by atoms with E-state index in [2.05, 4.69) is 5.32 Å². The van der Waals surface area contributed by atoms with E-state index >= 15 is 0 Å². The summed E-state index contributed by atoms with van der Waals surface area (Å²) in [5.41, 5.74) is 5.78. The Kier molecular flexibility index (Phi) is 7.57. The summed E-state index contributed by atoms with van der Waals surface area (Å²) in [6.07, 6.45) is 5.91. The maximum Gasteiger partial charge on any atom is 0.407 e. The topological polar surface area (TPSA) is 81.4 Å². The molecule has 16 heavy (non-hydrogen) atoms. The summed E-state index contributed by atoms with van der Waals surface area (Å²) in [4.78, 5) is 21.4. The van der Waals surface area contributed by atoms with Crippen molar-refractivity contribution in [2.24, 2.45) is 5.73 Å². The molecule has 0 spiro atoms. The number of alkyl carbamates (subject to hydrolysis) is 1. The van der Waals surface area contributed by atoms with Gasteiger partial charge >= 0.3 is 6.09 Å². The molecule has 0 saturated carbocycles. The van der Waals surface area contributed by atoms with Crippen LogP contribution in [0.3, 0.4) is 0 Å². The molecule has 3 N–H and O–H groups in total. The maximum atomic E-state index is 11.1. The van der Waals surface area contributed by atoms with E-state index in [4.69, 9.17) is 10.5 Å². The van der Waals surface area contributed by atoms with E-state index in [-0.39, 0.29) is 13.2 Å². The van der Waals surface area contributed by atoms with Crippen molar-refractivity contribution in [3.05, 3.63) is 23.8 Å². The van der Waals surface area contributed by atoms with Gasteiger partial charge in [0, 0.05) is 0 Å². The van der Waals surface area contributed by atoms with E-state index in [0.29, 0.717) is 0 Å². The second-order valence-corrected chi connectivity index (χ2v) is 3.08. The molecule has 0 unspecified atom stereocenters. The summed E-state index contributed by atoms with van der Waals surface area (Å²) in [6.45, 7) is 3.85. The lowest BCUT2D eigenvalue weighted by Gasteiger charge is -2.06. The number of hydrogen-bond donors (Lipinski definition) is 2. The zero-order valence-electron chi connectivity index (χ0n) is 9.66. The largest absolute Gasteiger partial charge is 0.445 e. The minimum absolute atomic E-state index is 0.183. The van der Waals surface area contributed by atoms with Gasteiger partial charge in [-0.25, -0.2) is 4.79 Å². The highest BCUT2D eigenvalue weighted by Crippen LogP contribution is 2.00. The van der Waals surface area contributed by atoms with Gasteiger partial charge in [-0.05, 0) is 18.9 Å². The van der Waals surface area contributed by atoms with E-state index in [1.165, 1.54) is 0 Å². The number of amides is 2. The van der Waals surface area contributed by atoms with Crippen LogP contribution < -0.4 is 11.1 Å². The Balaban J connectivity index is 3.97. The molecule has 0 saturated heterocycles. The monoisotopic (exact) mass is 226 g/mol. The van der Waals surface area contributed by atoms with Crippen LogP contribution in [0.1, 0.15) is 20.3 Å². The van der Waals surface area contributed by atoms with Crippen LogP contribution in [0.15, 0.2) is 23.8 Å². The van der Waals surface area contributed by atoms with Gasteiger partial charge in [-0.3, -0.25) is 4.79 Å². The predicted molar refractivity (Wildman–Crippen MR) is 61.7 cm³/mol. The number of carbonyl (C=O) groups is 2. The summed E-state index contributed by atoms with van der Waals surface area (Å²) >= 11 is 0. The summed E-state index contributed by atoms with van der Waals surface area (Å²) in [7, 11) is 0. The zero-order chi connectivity index (χ0) is 12.4. The maximum absolute atomic E-state index is 11.1. The number of primary amides is 1. The van der Waals surface area contributed by atoms with Crippen molar-refractivity contribution in [1.29, 1.82) is 0 Å². The molecule has 90 valence electrons. The highest BCUT2D eigenvalue weighted by molar-refractivity contribution is 5.80. The molecule has 0 atom stereocenters. The highest BCUT2D eigenvalue weighted by atomic mass is 16.5. The minimum Gasteiger partial charge on any atom is -0.445 e. The molecule has 0 bridgehead atoms. The Morgan fingerprint density at radius 1 is 1.44 bits per heavy atom. The molecule has 0 aromatic heterocycles. The fourth-order valence-corrected chi connectivity index (χ4v) is 1.01. The Bertz CT molecular complexity index is 296. The van der Waals surface area contributed by atoms with Crippen molar-refractivity contribution in [3.63, 3.8) is 0 Å². The number of ether oxygens (including phenoxy) is 1. The first-order valence-electron chi connectivity index (χ1n) is 5.10. The summed E-state index contributed by atoms with van der Waals surface area (Å²) < 4.78 is 4.88. The van der Waals surface area contributed by atoms with Gasteiger partial charge in [-0.15, -0.1) is 0 Å². The minimum atomic E-state index is -0.648. The molecular formula is C11H18N2O3. The number of nitrogens with one attached hydrogen (secondary N) is 1. The SMILES string of the molecule is C/C=C\C(=C/CC)COC(=O)NCC(N)=O. The smallest absolute Gasteiger partial charge is 0.407 e. The van der Waals surface area contributed by atoms with Gasteiger partial charge in [0.25, 0.3) is 0 Å². The van der Waals surface area contributed by atoms with Crippen LogP contribution in [-0.4, -0.2) is 25.2 Å². The molecule has 0 radical (unpaired) electrons. The van der Waals surface area contributed by atoms with Crippen LogP contribution >= 0.6 is 0 Å². The first kappa shape index (κ1) is 14.2. The van der Waals surface area contributed by atoms with Crippen LogP contribution in [0.25, 0.3) is 0 Å². The first-order valence-corrected chi connectivity index (χ1v) is 5.10.